The molecule has 14 heteroatoms. The number of primary amides is 2. The van der Waals surface area contributed by atoms with Crippen LogP contribution in [-0.4, -0.2) is 72.0 Å². The molecule has 14 nitrogen and oxygen atoms in total. The van der Waals surface area contributed by atoms with Crippen molar-refractivity contribution in [3.05, 3.63) is 64.7 Å². The second kappa shape index (κ2) is 19.0. The first-order chi connectivity index (χ1) is 21.8. The van der Waals surface area contributed by atoms with Crippen LogP contribution >= 0.6 is 0 Å². The predicted octanol–water partition coefficient (Wildman–Crippen LogP) is -0.361. The van der Waals surface area contributed by atoms with Crippen LogP contribution in [0.2, 0.25) is 0 Å². The summed E-state index contributed by atoms with van der Waals surface area (Å²) in [6.07, 6.45) is 2.10. The van der Waals surface area contributed by atoms with E-state index in [9.17, 15) is 29.1 Å². The second-order valence-corrected chi connectivity index (χ2v) is 11.4. The van der Waals surface area contributed by atoms with E-state index in [4.69, 9.17) is 22.9 Å². The summed E-state index contributed by atoms with van der Waals surface area (Å²) in [5, 5.41) is 20.4. The van der Waals surface area contributed by atoms with Crippen LogP contribution in [0.1, 0.15) is 54.4 Å². The van der Waals surface area contributed by atoms with E-state index in [-0.39, 0.29) is 44.4 Å². The van der Waals surface area contributed by atoms with Gasteiger partial charge in [0.2, 0.25) is 23.6 Å². The Balaban J connectivity index is 2.26. The lowest BCUT2D eigenvalue weighted by molar-refractivity contribution is -0.133. The second-order valence-electron chi connectivity index (χ2n) is 11.4. The molecule has 0 aliphatic rings. The Labute approximate surface area is 269 Å². The molecule has 0 saturated heterocycles. The summed E-state index contributed by atoms with van der Waals surface area (Å²) in [5.74, 6) is -2.50. The van der Waals surface area contributed by atoms with Crippen molar-refractivity contribution in [1.82, 2.24) is 21.3 Å². The number of benzene rings is 2. The minimum Gasteiger partial charge on any atom is -0.508 e. The smallest absolute Gasteiger partial charge is 0.312 e. The lowest BCUT2D eigenvalue weighted by atomic mass is 9.95. The Hall–Kier alpha value is -4.69. The van der Waals surface area contributed by atoms with Gasteiger partial charge in [-0.1, -0.05) is 30.3 Å². The van der Waals surface area contributed by atoms with Crippen molar-refractivity contribution in [2.75, 3.05) is 13.1 Å². The van der Waals surface area contributed by atoms with Crippen LogP contribution in [-0.2, 0) is 32.0 Å². The highest BCUT2D eigenvalue weighted by Gasteiger charge is 2.30. The van der Waals surface area contributed by atoms with E-state index in [1.165, 1.54) is 0 Å². The van der Waals surface area contributed by atoms with Crippen molar-refractivity contribution in [2.45, 2.75) is 83.0 Å². The van der Waals surface area contributed by atoms with Crippen LogP contribution in [0.3, 0.4) is 0 Å². The van der Waals surface area contributed by atoms with Crippen molar-refractivity contribution < 1.29 is 29.1 Å². The van der Waals surface area contributed by atoms with Crippen LogP contribution in [0.5, 0.6) is 5.75 Å². The van der Waals surface area contributed by atoms with E-state index < -0.39 is 53.8 Å². The van der Waals surface area contributed by atoms with Crippen molar-refractivity contribution >= 4 is 29.7 Å². The summed E-state index contributed by atoms with van der Waals surface area (Å²) in [6, 6.07) is 7.15. The minimum absolute atomic E-state index is 0.0878. The maximum Gasteiger partial charge on any atom is 0.312 e. The normalized spacial score (nSPS) is 13.5. The molecule has 0 bridgehead atoms. The number of carbonyl (C=O) groups excluding carboxylic acids is 5. The zero-order valence-corrected chi connectivity index (χ0v) is 26.5. The molecule has 0 saturated carbocycles. The van der Waals surface area contributed by atoms with Gasteiger partial charge in [-0.2, -0.15) is 0 Å². The summed E-state index contributed by atoms with van der Waals surface area (Å²) in [7, 11) is 0. The van der Waals surface area contributed by atoms with E-state index in [0.29, 0.717) is 19.4 Å². The van der Waals surface area contributed by atoms with Gasteiger partial charge in [-0.25, -0.2) is 4.79 Å². The van der Waals surface area contributed by atoms with Crippen molar-refractivity contribution in [3.8, 4) is 5.75 Å². The number of aromatic hydroxyl groups is 1. The lowest BCUT2D eigenvalue weighted by Crippen LogP contribution is -2.58. The van der Waals surface area contributed by atoms with Gasteiger partial charge in [0.15, 0.2) is 0 Å². The molecule has 0 aromatic heterocycles. The SMILES string of the molecule is Cc1cc(O)cc(C)c1C[C@H](N)C(=O)N[C@H](CCCNC(N)=O)C(=O)N[C@@H](Cc1ccccc1)C(=O)N[C@@H](CCCCN)C(N)=O. The van der Waals surface area contributed by atoms with Gasteiger partial charge in [-0.3, -0.25) is 19.2 Å². The van der Waals surface area contributed by atoms with Gasteiger partial charge in [0, 0.05) is 13.0 Å². The number of nitrogens with two attached hydrogens (primary N) is 4. The van der Waals surface area contributed by atoms with Crippen LogP contribution in [0, 0.1) is 13.8 Å². The number of phenolic OH excluding ortho intramolecular Hbond substituents is 1. The number of unbranched alkanes of at least 4 members (excludes halogenated alkanes) is 1. The number of carbonyl (C=O) groups is 5. The maximum atomic E-state index is 13.7. The zero-order valence-electron chi connectivity index (χ0n) is 26.5. The molecule has 13 N–H and O–H groups in total. The Kier molecular flexibility index (Phi) is 15.5. The van der Waals surface area contributed by atoms with Gasteiger partial charge in [0.25, 0.3) is 0 Å². The Morgan fingerprint density at radius 3 is 1.91 bits per heavy atom. The molecule has 0 spiro atoms. The standard InChI is InChI=1S/C32H48N8O6/c1-19-15-22(41)16-20(2)23(19)18-24(34)29(43)39-26(12-8-14-37-32(36)46)30(44)40-27(17-21-9-4-3-5-10-21)31(45)38-25(28(35)42)11-6-7-13-33/h3-5,9-10,15-16,24-27,41H,6-8,11-14,17-18,33-34H2,1-2H3,(H2,35,42)(H,38,45)(H,39,43)(H,40,44)(H3,36,37,46)/t24-,25-,26+,27-/m0/s1. The van der Waals surface area contributed by atoms with Crippen LogP contribution in [0.25, 0.3) is 0 Å². The number of aryl methyl sites for hydroxylation is 2. The Bertz CT molecular complexity index is 1320. The highest BCUT2D eigenvalue weighted by molar-refractivity contribution is 5.94. The predicted molar refractivity (Wildman–Crippen MR) is 174 cm³/mol. The van der Waals surface area contributed by atoms with Crippen LogP contribution < -0.4 is 44.2 Å². The molecule has 252 valence electrons. The summed E-state index contributed by atoms with van der Waals surface area (Å²) >= 11 is 0. The van der Waals surface area contributed by atoms with Crippen LogP contribution in [0.15, 0.2) is 42.5 Å². The fourth-order valence-electron chi connectivity index (χ4n) is 5.05. The number of hydrogen-bond acceptors (Lipinski definition) is 8. The Morgan fingerprint density at radius 2 is 1.33 bits per heavy atom. The largest absolute Gasteiger partial charge is 0.508 e. The van der Waals surface area contributed by atoms with E-state index >= 15 is 0 Å². The Morgan fingerprint density at radius 1 is 0.761 bits per heavy atom. The number of amides is 6. The molecule has 2 aromatic rings. The molecular weight excluding hydrogens is 592 g/mol. The summed E-state index contributed by atoms with van der Waals surface area (Å²) in [4.78, 5) is 63.6. The number of urea groups is 1. The average molecular weight is 641 g/mol. The average Bonchev–Trinajstić information content (AvgIpc) is 2.99. The number of phenols is 1. The first kappa shape index (κ1) is 37.5. The molecule has 46 heavy (non-hydrogen) atoms. The number of nitrogens with one attached hydrogen (secondary N) is 4. The molecule has 4 atom stereocenters. The van der Waals surface area contributed by atoms with Gasteiger partial charge in [-0.15, -0.1) is 0 Å². The van der Waals surface area contributed by atoms with Gasteiger partial charge in [0.1, 0.15) is 23.9 Å². The van der Waals surface area contributed by atoms with Gasteiger partial charge in [0.05, 0.1) is 6.04 Å². The number of hydrogen-bond donors (Lipinski definition) is 9. The van der Waals surface area contributed by atoms with Gasteiger partial charge < -0.3 is 49.3 Å². The van der Waals surface area contributed by atoms with Crippen LogP contribution in [0.4, 0.5) is 4.79 Å². The molecule has 0 fully saturated rings. The van der Waals surface area contributed by atoms with E-state index in [1.54, 1.807) is 50.2 Å². The molecule has 0 aliphatic heterocycles. The molecule has 2 rings (SSSR count). The lowest BCUT2D eigenvalue weighted by Gasteiger charge is -2.26. The highest BCUT2D eigenvalue weighted by atomic mass is 16.3. The molecule has 0 aliphatic carbocycles. The van der Waals surface area contributed by atoms with E-state index in [1.807, 2.05) is 6.07 Å². The molecule has 6 amide bonds. The zero-order chi connectivity index (χ0) is 34.2. The van der Waals surface area contributed by atoms with E-state index in [0.717, 1.165) is 22.3 Å². The highest BCUT2D eigenvalue weighted by Crippen LogP contribution is 2.22. The monoisotopic (exact) mass is 640 g/mol. The minimum atomic E-state index is -1.13. The first-order valence-electron chi connectivity index (χ1n) is 15.3. The van der Waals surface area contributed by atoms with Crippen molar-refractivity contribution in [3.63, 3.8) is 0 Å². The third kappa shape index (κ3) is 12.7. The molecule has 0 heterocycles. The fraction of sp³-hybridized carbons (Fsp3) is 0.469. The molecular formula is C32H48N8O6. The molecule has 2 aromatic carbocycles. The first-order valence-corrected chi connectivity index (χ1v) is 15.3. The summed E-state index contributed by atoms with van der Waals surface area (Å²) < 4.78 is 0. The van der Waals surface area contributed by atoms with Crippen molar-refractivity contribution in [2.24, 2.45) is 22.9 Å². The third-order valence-corrected chi connectivity index (χ3v) is 7.57. The molecule has 0 radical (unpaired) electrons. The topological polar surface area (TPSA) is 258 Å². The van der Waals surface area contributed by atoms with E-state index in [2.05, 4.69) is 21.3 Å². The summed E-state index contributed by atoms with van der Waals surface area (Å²) in [5.41, 5.74) is 25.6. The molecule has 0 unspecified atom stereocenters. The van der Waals surface area contributed by atoms with Crippen molar-refractivity contribution in [1.29, 1.82) is 0 Å². The quantitative estimate of drug-likeness (QED) is 0.0914. The fourth-order valence-corrected chi connectivity index (χ4v) is 5.05. The summed E-state index contributed by atoms with van der Waals surface area (Å²) in [6.45, 7) is 4.16. The third-order valence-electron chi connectivity index (χ3n) is 7.57. The van der Waals surface area contributed by atoms with Gasteiger partial charge in [-0.05, 0) is 93.3 Å². The maximum absolute atomic E-state index is 13.7. The van der Waals surface area contributed by atoms with Gasteiger partial charge >= 0.3 is 6.03 Å². The number of rotatable bonds is 19.